The third-order valence-corrected chi connectivity index (χ3v) is 3.60. The molecule has 22 heavy (non-hydrogen) atoms. The maximum atomic E-state index is 11.9. The number of H-pyrrole nitrogens is 1. The third kappa shape index (κ3) is 2.46. The van der Waals surface area contributed by atoms with Crippen LogP contribution in [-0.4, -0.2) is 22.2 Å². The topological polar surface area (TPSA) is 75.2 Å². The van der Waals surface area contributed by atoms with Gasteiger partial charge in [0.1, 0.15) is 11.3 Å². The van der Waals surface area contributed by atoms with Crippen LogP contribution in [0, 0.1) is 6.92 Å². The van der Waals surface area contributed by atoms with Crippen LogP contribution in [0.4, 0.5) is 0 Å². The van der Waals surface area contributed by atoms with E-state index in [0.29, 0.717) is 17.5 Å². The number of phenols is 1. The van der Waals surface area contributed by atoms with Crippen molar-refractivity contribution in [2.45, 2.75) is 13.5 Å². The van der Waals surface area contributed by atoms with Gasteiger partial charge in [0.25, 0.3) is 5.56 Å². The summed E-state index contributed by atoms with van der Waals surface area (Å²) in [5.41, 5.74) is 3.83. The van der Waals surface area contributed by atoms with Gasteiger partial charge in [-0.1, -0.05) is 23.8 Å². The number of fused-ring (bicyclic) bond motifs is 1. The Kier molecular flexibility index (Phi) is 3.65. The third-order valence-electron chi connectivity index (χ3n) is 3.60. The molecule has 1 aromatic heterocycles. The monoisotopic (exact) mass is 296 g/mol. The van der Waals surface area contributed by atoms with E-state index >= 15 is 0 Å². The average molecular weight is 296 g/mol. The molecule has 5 heteroatoms. The molecule has 0 unspecified atom stereocenters. The number of nitrogens with zero attached hydrogens (tertiary/aromatic N) is 1. The van der Waals surface area contributed by atoms with Crippen molar-refractivity contribution in [3.05, 3.63) is 58.1 Å². The Morgan fingerprint density at radius 2 is 2.09 bits per heavy atom. The summed E-state index contributed by atoms with van der Waals surface area (Å²) in [7, 11) is 1.64. The van der Waals surface area contributed by atoms with Gasteiger partial charge in [-0.05, 0) is 35.7 Å². The molecule has 112 valence electrons. The van der Waals surface area contributed by atoms with Crippen LogP contribution in [0.15, 0.2) is 41.5 Å². The van der Waals surface area contributed by atoms with E-state index in [1.165, 1.54) is 6.33 Å². The Morgan fingerprint density at radius 1 is 1.27 bits per heavy atom. The van der Waals surface area contributed by atoms with Crippen molar-refractivity contribution < 1.29 is 9.84 Å². The SMILES string of the molecule is COCc1cc(C)ccc1-c1cc(O)c2nc[nH]c(=O)c2c1. The summed E-state index contributed by atoms with van der Waals surface area (Å²) < 4.78 is 5.24. The summed E-state index contributed by atoms with van der Waals surface area (Å²) in [5, 5.41) is 10.5. The number of hydrogen-bond donors (Lipinski definition) is 2. The summed E-state index contributed by atoms with van der Waals surface area (Å²) in [5.74, 6) is -0.0115. The van der Waals surface area contributed by atoms with Gasteiger partial charge in [-0.25, -0.2) is 4.98 Å². The van der Waals surface area contributed by atoms with E-state index in [4.69, 9.17) is 4.74 Å². The van der Waals surface area contributed by atoms with Gasteiger partial charge in [-0.3, -0.25) is 4.79 Å². The maximum absolute atomic E-state index is 11.9. The van der Waals surface area contributed by atoms with Gasteiger partial charge in [0.15, 0.2) is 0 Å². The van der Waals surface area contributed by atoms with Gasteiger partial charge < -0.3 is 14.8 Å². The second-order valence-corrected chi connectivity index (χ2v) is 5.22. The minimum absolute atomic E-state index is 0.0115. The largest absolute Gasteiger partial charge is 0.506 e. The number of hydrogen-bond acceptors (Lipinski definition) is 4. The number of rotatable bonds is 3. The van der Waals surface area contributed by atoms with Crippen LogP contribution < -0.4 is 5.56 Å². The minimum atomic E-state index is -0.275. The van der Waals surface area contributed by atoms with E-state index < -0.39 is 0 Å². The molecule has 0 spiro atoms. The Balaban J connectivity index is 2.27. The molecule has 0 fully saturated rings. The summed E-state index contributed by atoms with van der Waals surface area (Å²) in [6, 6.07) is 9.36. The highest BCUT2D eigenvalue weighted by Crippen LogP contribution is 2.31. The molecule has 0 aliphatic heterocycles. The number of benzene rings is 2. The fourth-order valence-corrected chi connectivity index (χ4v) is 2.60. The number of phenolic OH excluding ortho intramolecular Hbond substituents is 1. The number of aromatic amines is 1. The van der Waals surface area contributed by atoms with Gasteiger partial charge in [0.2, 0.25) is 0 Å². The standard InChI is InChI=1S/C17H16N2O3/c1-10-3-4-13(12(5-10)8-22-2)11-6-14-16(15(20)7-11)18-9-19-17(14)21/h3-7,9,20H,8H2,1-2H3,(H,18,19,21). The van der Waals surface area contributed by atoms with E-state index in [0.717, 1.165) is 22.3 Å². The molecular formula is C17H16N2O3. The smallest absolute Gasteiger partial charge is 0.258 e. The number of aromatic nitrogens is 2. The van der Waals surface area contributed by atoms with Crippen molar-refractivity contribution in [3.63, 3.8) is 0 Å². The van der Waals surface area contributed by atoms with Crippen molar-refractivity contribution in [2.75, 3.05) is 7.11 Å². The van der Waals surface area contributed by atoms with Crippen LogP contribution >= 0.6 is 0 Å². The number of methoxy groups -OCH3 is 1. The molecule has 5 nitrogen and oxygen atoms in total. The lowest BCUT2D eigenvalue weighted by Gasteiger charge is -2.11. The molecule has 0 saturated heterocycles. The molecule has 0 aliphatic carbocycles. The fourth-order valence-electron chi connectivity index (χ4n) is 2.60. The lowest BCUT2D eigenvalue weighted by molar-refractivity contribution is 0.185. The van der Waals surface area contributed by atoms with Gasteiger partial charge >= 0.3 is 0 Å². The van der Waals surface area contributed by atoms with Crippen LogP contribution in [0.25, 0.3) is 22.0 Å². The quantitative estimate of drug-likeness (QED) is 0.779. The minimum Gasteiger partial charge on any atom is -0.506 e. The lowest BCUT2D eigenvalue weighted by Crippen LogP contribution is -2.06. The molecule has 3 rings (SSSR count). The average Bonchev–Trinajstić information content (AvgIpc) is 2.49. The molecule has 0 radical (unpaired) electrons. The van der Waals surface area contributed by atoms with E-state index in [1.807, 2.05) is 25.1 Å². The normalized spacial score (nSPS) is 11.0. The molecule has 1 heterocycles. The van der Waals surface area contributed by atoms with Crippen LogP contribution in [-0.2, 0) is 11.3 Å². The zero-order chi connectivity index (χ0) is 15.7. The lowest BCUT2D eigenvalue weighted by atomic mass is 9.97. The Bertz CT molecular complexity index is 900. The van der Waals surface area contributed by atoms with E-state index in [9.17, 15) is 9.90 Å². The number of aryl methyl sites for hydroxylation is 1. The van der Waals surface area contributed by atoms with Gasteiger partial charge in [-0.15, -0.1) is 0 Å². The Morgan fingerprint density at radius 3 is 2.86 bits per heavy atom. The van der Waals surface area contributed by atoms with E-state index in [-0.39, 0.29) is 11.3 Å². The van der Waals surface area contributed by atoms with Crippen LogP contribution in [0.2, 0.25) is 0 Å². The van der Waals surface area contributed by atoms with Crippen LogP contribution in [0.5, 0.6) is 5.75 Å². The first kappa shape index (κ1) is 14.3. The Hall–Kier alpha value is -2.66. The second-order valence-electron chi connectivity index (χ2n) is 5.22. The van der Waals surface area contributed by atoms with Crippen molar-refractivity contribution in [1.29, 1.82) is 0 Å². The zero-order valence-electron chi connectivity index (χ0n) is 12.4. The Labute approximate surface area is 127 Å². The fraction of sp³-hybridized carbons (Fsp3) is 0.176. The predicted octanol–water partition coefficient (Wildman–Crippen LogP) is 2.75. The highest BCUT2D eigenvalue weighted by Gasteiger charge is 2.11. The second kappa shape index (κ2) is 5.61. The molecule has 0 saturated carbocycles. The first-order valence-electron chi connectivity index (χ1n) is 6.89. The summed E-state index contributed by atoms with van der Waals surface area (Å²) >= 11 is 0. The number of aromatic hydroxyl groups is 1. The molecule has 0 amide bonds. The van der Waals surface area contributed by atoms with Crippen molar-refractivity contribution in [2.24, 2.45) is 0 Å². The van der Waals surface area contributed by atoms with Gasteiger partial charge in [0.05, 0.1) is 18.3 Å². The predicted molar refractivity (Wildman–Crippen MR) is 84.9 cm³/mol. The number of ether oxygens (including phenoxy) is 1. The molecule has 2 aromatic carbocycles. The van der Waals surface area contributed by atoms with Crippen molar-refractivity contribution >= 4 is 10.9 Å². The van der Waals surface area contributed by atoms with Crippen LogP contribution in [0.3, 0.4) is 0 Å². The van der Waals surface area contributed by atoms with Crippen LogP contribution in [0.1, 0.15) is 11.1 Å². The van der Waals surface area contributed by atoms with Gasteiger partial charge in [-0.2, -0.15) is 0 Å². The first-order valence-corrected chi connectivity index (χ1v) is 6.89. The molecule has 2 N–H and O–H groups in total. The highest BCUT2D eigenvalue weighted by atomic mass is 16.5. The van der Waals surface area contributed by atoms with Crippen molar-refractivity contribution in [3.8, 4) is 16.9 Å². The summed E-state index contributed by atoms with van der Waals surface area (Å²) in [4.78, 5) is 18.5. The molecular weight excluding hydrogens is 280 g/mol. The zero-order valence-corrected chi connectivity index (χ0v) is 12.4. The molecule has 0 atom stereocenters. The van der Waals surface area contributed by atoms with Gasteiger partial charge in [0, 0.05) is 7.11 Å². The first-order chi connectivity index (χ1) is 10.6. The molecule has 0 aliphatic rings. The maximum Gasteiger partial charge on any atom is 0.258 e. The molecule has 0 bridgehead atoms. The van der Waals surface area contributed by atoms with E-state index in [1.54, 1.807) is 19.2 Å². The van der Waals surface area contributed by atoms with E-state index in [2.05, 4.69) is 9.97 Å². The highest BCUT2D eigenvalue weighted by molar-refractivity contribution is 5.89. The summed E-state index contributed by atoms with van der Waals surface area (Å²) in [6.45, 7) is 2.47. The molecule has 3 aromatic rings. The summed E-state index contributed by atoms with van der Waals surface area (Å²) in [6.07, 6.45) is 1.28. The number of nitrogens with one attached hydrogen (secondary N) is 1. The van der Waals surface area contributed by atoms with Crippen molar-refractivity contribution in [1.82, 2.24) is 9.97 Å².